The van der Waals surface area contributed by atoms with Crippen molar-refractivity contribution in [2.75, 3.05) is 23.7 Å². The van der Waals surface area contributed by atoms with E-state index in [1.165, 1.54) is 12.1 Å². The maximum absolute atomic E-state index is 13.4. The number of carbonyl (C=O) groups is 1. The van der Waals surface area contributed by atoms with Gasteiger partial charge in [0, 0.05) is 42.3 Å². The van der Waals surface area contributed by atoms with Gasteiger partial charge in [0.25, 0.3) is 5.91 Å². The summed E-state index contributed by atoms with van der Waals surface area (Å²) in [6, 6.07) is 13.5. The van der Waals surface area contributed by atoms with Gasteiger partial charge in [0.15, 0.2) is 0 Å². The predicted molar refractivity (Wildman–Crippen MR) is 125 cm³/mol. The average molecular weight is 487 g/mol. The quantitative estimate of drug-likeness (QED) is 0.330. The smallest absolute Gasteiger partial charge is 0.251 e. The molecular weight excluding hydrogens is 463 g/mol. The van der Waals surface area contributed by atoms with E-state index >= 15 is 0 Å². The van der Waals surface area contributed by atoms with E-state index in [2.05, 4.69) is 61.0 Å². The number of aromatic nitrogens is 2. The van der Waals surface area contributed by atoms with E-state index in [0.717, 1.165) is 12.2 Å². The van der Waals surface area contributed by atoms with E-state index in [1.54, 1.807) is 42.6 Å². The third kappa shape index (κ3) is 7.01. The first kappa shape index (κ1) is 22.6. The van der Waals surface area contributed by atoms with E-state index < -0.39 is 0 Å². The zero-order valence-electron chi connectivity index (χ0n) is 17.2. The van der Waals surface area contributed by atoms with Crippen LogP contribution in [0.4, 0.5) is 27.5 Å². The van der Waals surface area contributed by atoms with E-state index in [1.807, 2.05) is 0 Å². The van der Waals surface area contributed by atoms with Crippen LogP contribution < -0.4 is 21.3 Å². The lowest BCUT2D eigenvalue weighted by Crippen LogP contribution is -2.34. The lowest BCUT2D eigenvalue weighted by atomic mass is 10.2. The van der Waals surface area contributed by atoms with Crippen LogP contribution in [0.25, 0.3) is 0 Å². The highest BCUT2D eigenvalue weighted by Crippen LogP contribution is 2.25. The first-order valence-electron chi connectivity index (χ1n) is 9.84. The lowest BCUT2D eigenvalue weighted by Gasteiger charge is -2.11. The Balaban J connectivity index is 1.61. The summed E-state index contributed by atoms with van der Waals surface area (Å²) in [6.07, 6.45) is 1.60. The van der Waals surface area contributed by atoms with Crippen molar-refractivity contribution in [3.63, 3.8) is 0 Å². The van der Waals surface area contributed by atoms with Gasteiger partial charge in [-0.2, -0.15) is 4.98 Å². The summed E-state index contributed by atoms with van der Waals surface area (Å²) in [4.78, 5) is 20.9. The van der Waals surface area contributed by atoms with Gasteiger partial charge in [0.05, 0.1) is 4.47 Å². The fraction of sp³-hybridized carbons (Fsp3) is 0.227. The molecule has 2 aromatic carbocycles. The second-order valence-corrected chi connectivity index (χ2v) is 7.95. The van der Waals surface area contributed by atoms with Crippen molar-refractivity contribution in [1.29, 1.82) is 0 Å². The molecule has 1 amide bonds. The zero-order chi connectivity index (χ0) is 22.2. The third-order valence-electron chi connectivity index (χ3n) is 4.20. The van der Waals surface area contributed by atoms with Crippen molar-refractivity contribution in [1.82, 2.24) is 20.6 Å². The SMILES string of the molecule is CC(C)NCCNC(=O)c1ccc(Nc2ncc(Br)c(Nc3cccc(F)c3)n2)cc1. The summed E-state index contributed by atoms with van der Waals surface area (Å²) in [5, 5.41) is 12.3. The number of nitrogens with one attached hydrogen (secondary N) is 4. The molecular formula is C22H24BrFN6O. The van der Waals surface area contributed by atoms with Crippen LogP contribution in [0.1, 0.15) is 24.2 Å². The first-order chi connectivity index (χ1) is 14.9. The van der Waals surface area contributed by atoms with Crippen molar-refractivity contribution in [3.05, 3.63) is 70.6 Å². The Bertz CT molecular complexity index is 1030. The van der Waals surface area contributed by atoms with Crippen molar-refractivity contribution >= 4 is 45.0 Å². The summed E-state index contributed by atoms with van der Waals surface area (Å²) in [5.41, 5.74) is 1.88. The number of hydrogen-bond acceptors (Lipinski definition) is 6. The molecule has 3 aromatic rings. The molecule has 162 valence electrons. The van der Waals surface area contributed by atoms with Gasteiger partial charge in [0.1, 0.15) is 11.6 Å². The first-order valence-corrected chi connectivity index (χ1v) is 10.6. The molecule has 7 nitrogen and oxygen atoms in total. The Labute approximate surface area is 189 Å². The normalized spacial score (nSPS) is 10.7. The fourth-order valence-electron chi connectivity index (χ4n) is 2.69. The number of benzene rings is 2. The third-order valence-corrected chi connectivity index (χ3v) is 4.78. The lowest BCUT2D eigenvalue weighted by molar-refractivity contribution is 0.0953. The Hall–Kier alpha value is -3.04. The van der Waals surface area contributed by atoms with E-state index in [4.69, 9.17) is 0 Å². The maximum Gasteiger partial charge on any atom is 0.251 e. The van der Waals surface area contributed by atoms with Gasteiger partial charge in [-0.1, -0.05) is 19.9 Å². The molecule has 1 heterocycles. The highest BCUT2D eigenvalue weighted by molar-refractivity contribution is 9.10. The number of nitrogens with zero attached hydrogens (tertiary/aromatic N) is 2. The molecule has 0 bridgehead atoms. The van der Waals surface area contributed by atoms with Crippen molar-refractivity contribution in [2.45, 2.75) is 19.9 Å². The highest BCUT2D eigenvalue weighted by Gasteiger charge is 2.08. The molecule has 0 saturated carbocycles. The van der Waals surface area contributed by atoms with Crippen LogP contribution >= 0.6 is 15.9 Å². The minimum atomic E-state index is -0.339. The summed E-state index contributed by atoms with van der Waals surface area (Å²) in [6.45, 7) is 5.40. The monoisotopic (exact) mass is 486 g/mol. The van der Waals surface area contributed by atoms with Crippen molar-refractivity contribution < 1.29 is 9.18 Å². The molecule has 0 aliphatic heterocycles. The molecule has 1 aromatic heterocycles. The summed E-state index contributed by atoms with van der Waals surface area (Å²) >= 11 is 3.39. The van der Waals surface area contributed by atoms with Gasteiger partial charge < -0.3 is 21.3 Å². The molecule has 0 aliphatic rings. The van der Waals surface area contributed by atoms with Crippen LogP contribution in [0.15, 0.2) is 59.2 Å². The summed E-state index contributed by atoms with van der Waals surface area (Å²) < 4.78 is 14.1. The topological polar surface area (TPSA) is 91.0 Å². The molecule has 0 spiro atoms. The average Bonchev–Trinajstić information content (AvgIpc) is 2.74. The fourth-order valence-corrected chi connectivity index (χ4v) is 2.98. The van der Waals surface area contributed by atoms with Gasteiger partial charge in [-0.15, -0.1) is 0 Å². The van der Waals surface area contributed by atoms with Crippen LogP contribution in [0.2, 0.25) is 0 Å². The van der Waals surface area contributed by atoms with Crippen molar-refractivity contribution in [2.24, 2.45) is 0 Å². The van der Waals surface area contributed by atoms with Crippen molar-refractivity contribution in [3.8, 4) is 0 Å². The molecule has 31 heavy (non-hydrogen) atoms. The Morgan fingerprint density at radius 2 is 1.84 bits per heavy atom. The minimum absolute atomic E-state index is 0.126. The Morgan fingerprint density at radius 3 is 2.55 bits per heavy atom. The van der Waals surface area contributed by atoms with Gasteiger partial charge in [-0.05, 0) is 58.4 Å². The van der Waals surface area contributed by atoms with Gasteiger partial charge >= 0.3 is 0 Å². The summed E-state index contributed by atoms with van der Waals surface area (Å²) in [5.74, 6) is 0.389. The van der Waals surface area contributed by atoms with Crippen LogP contribution in [-0.4, -0.2) is 35.0 Å². The van der Waals surface area contributed by atoms with Gasteiger partial charge in [-0.25, -0.2) is 9.37 Å². The van der Waals surface area contributed by atoms with E-state index in [9.17, 15) is 9.18 Å². The standard InChI is InChI=1S/C22H24BrFN6O/c1-14(2)25-10-11-26-21(31)15-6-8-17(9-7-15)29-22-27-13-19(23)20(30-22)28-18-5-3-4-16(24)12-18/h3-9,12-14,25H,10-11H2,1-2H3,(H,26,31)(H2,27,28,29,30). The molecule has 0 unspecified atom stereocenters. The Kier molecular flexibility index (Phi) is 7.91. The zero-order valence-corrected chi connectivity index (χ0v) is 18.8. The number of amides is 1. The van der Waals surface area contributed by atoms with E-state index in [-0.39, 0.29) is 11.7 Å². The van der Waals surface area contributed by atoms with Crippen LogP contribution in [0.3, 0.4) is 0 Å². The molecule has 0 radical (unpaired) electrons. The molecule has 0 fully saturated rings. The number of halogens is 2. The highest BCUT2D eigenvalue weighted by atomic mass is 79.9. The number of carbonyl (C=O) groups excluding carboxylic acids is 1. The second kappa shape index (κ2) is 10.8. The van der Waals surface area contributed by atoms with Gasteiger partial charge in [0.2, 0.25) is 5.95 Å². The maximum atomic E-state index is 13.4. The van der Waals surface area contributed by atoms with Crippen LogP contribution in [0, 0.1) is 5.82 Å². The number of hydrogen-bond donors (Lipinski definition) is 4. The predicted octanol–water partition coefficient (Wildman–Crippen LogP) is 4.59. The molecule has 0 saturated heterocycles. The van der Waals surface area contributed by atoms with Gasteiger partial charge in [-0.3, -0.25) is 4.79 Å². The Morgan fingerprint density at radius 1 is 1.06 bits per heavy atom. The number of anilines is 4. The van der Waals surface area contributed by atoms with E-state index in [0.29, 0.717) is 40.1 Å². The minimum Gasteiger partial charge on any atom is -0.351 e. The largest absolute Gasteiger partial charge is 0.351 e. The number of rotatable bonds is 9. The molecule has 3 rings (SSSR count). The molecule has 0 atom stereocenters. The second-order valence-electron chi connectivity index (χ2n) is 7.09. The van der Waals surface area contributed by atoms with Crippen LogP contribution in [0.5, 0.6) is 0 Å². The molecule has 9 heteroatoms. The molecule has 0 aliphatic carbocycles. The van der Waals surface area contributed by atoms with Crippen LogP contribution in [-0.2, 0) is 0 Å². The molecule has 4 N–H and O–H groups in total. The summed E-state index contributed by atoms with van der Waals surface area (Å²) in [7, 11) is 0.